The molecule has 21 heavy (non-hydrogen) atoms. The largest absolute Gasteiger partial charge is 0.393 e. The molecule has 0 aromatic rings. The van der Waals surface area contributed by atoms with Gasteiger partial charge in [0.25, 0.3) is 0 Å². The maximum Gasteiger partial charge on any atom is 0.0580 e. The quantitative estimate of drug-likeness (QED) is 0.864. The van der Waals surface area contributed by atoms with Crippen LogP contribution in [0.4, 0.5) is 0 Å². The minimum Gasteiger partial charge on any atom is -0.393 e. The summed E-state index contributed by atoms with van der Waals surface area (Å²) in [4.78, 5) is 4.96. The first-order chi connectivity index (χ1) is 9.77. The Bertz CT molecular complexity index is 324. The van der Waals surface area contributed by atoms with Crippen molar-refractivity contribution in [3.63, 3.8) is 0 Å². The maximum absolute atomic E-state index is 10.4. The summed E-state index contributed by atoms with van der Waals surface area (Å²) >= 11 is 0. The number of rotatable bonds is 4. The average molecular weight is 296 g/mol. The lowest BCUT2D eigenvalue weighted by atomic mass is 9.68. The van der Waals surface area contributed by atoms with Crippen molar-refractivity contribution in [1.29, 1.82) is 0 Å². The van der Waals surface area contributed by atoms with E-state index < -0.39 is 0 Å². The molecule has 0 radical (unpaired) electrons. The van der Waals surface area contributed by atoms with Crippen LogP contribution < -0.4 is 0 Å². The van der Waals surface area contributed by atoms with Crippen molar-refractivity contribution in [3.05, 3.63) is 0 Å². The van der Waals surface area contributed by atoms with Gasteiger partial charge >= 0.3 is 0 Å². The first-order valence-electron chi connectivity index (χ1n) is 8.84. The fourth-order valence-corrected chi connectivity index (χ4v) is 4.30. The SMILES string of the molecule is CN(C)CC1CCCN1CC1CC(C(C)(C)C)CCC1O. The van der Waals surface area contributed by atoms with Gasteiger partial charge in [-0.3, -0.25) is 4.90 Å². The van der Waals surface area contributed by atoms with E-state index in [0.717, 1.165) is 25.4 Å². The molecule has 1 saturated carbocycles. The Morgan fingerprint density at radius 2 is 1.86 bits per heavy atom. The van der Waals surface area contributed by atoms with Gasteiger partial charge in [0.15, 0.2) is 0 Å². The van der Waals surface area contributed by atoms with Gasteiger partial charge in [0.2, 0.25) is 0 Å². The molecule has 1 N–H and O–H groups in total. The highest BCUT2D eigenvalue weighted by Crippen LogP contribution is 2.41. The number of nitrogens with zero attached hydrogens (tertiary/aromatic N) is 2. The number of aliphatic hydroxyl groups is 1. The molecule has 1 heterocycles. The van der Waals surface area contributed by atoms with Gasteiger partial charge in [-0.25, -0.2) is 0 Å². The van der Waals surface area contributed by atoms with E-state index in [2.05, 4.69) is 44.7 Å². The minimum absolute atomic E-state index is 0.0794. The number of hydrogen-bond donors (Lipinski definition) is 1. The van der Waals surface area contributed by atoms with Crippen molar-refractivity contribution in [3.8, 4) is 0 Å². The highest BCUT2D eigenvalue weighted by atomic mass is 16.3. The van der Waals surface area contributed by atoms with E-state index in [1.807, 2.05) is 0 Å². The Kier molecular flexibility index (Phi) is 5.72. The molecular formula is C18H36N2O. The summed E-state index contributed by atoms with van der Waals surface area (Å²) in [6.45, 7) is 10.6. The van der Waals surface area contributed by atoms with Crippen molar-refractivity contribution in [2.45, 2.75) is 65.0 Å². The van der Waals surface area contributed by atoms with Crippen LogP contribution in [0.2, 0.25) is 0 Å². The van der Waals surface area contributed by atoms with E-state index >= 15 is 0 Å². The molecule has 4 unspecified atom stereocenters. The molecule has 1 saturated heterocycles. The third-order valence-electron chi connectivity index (χ3n) is 5.71. The normalized spacial score (nSPS) is 35.6. The van der Waals surface area contributed by atoms with Crippen LogP contribution in [0.5, 0.6) is 0 Å². The van der Waals surface area contributed by atoms with E-state index in [1.165, 1.54) is 32.2 Å². The summed E-state index contributed by atoms with van der Waals surface area (Å²) in [5, 5.41) is 10.4. The van der Waals surface area contributed by atoms with Crippen LogP contribution in [0.15, 0.2) is 0 Å². The molecule has 0 aromatic carbocycles. The van der Waals surface area contributed by atoms with E-state index in [-0.39, 0.29) is 6.10 Å². The van der Waals surface area contributed by atoms with Crippen molar-refractivity contribution in [2.75, 3.05) is 33.7 Å². The van der Waals surface area contributed by atoms with E-state index in [1.54, 1.807) is 0 Å². The van der Waals surface area contributed by atoms with Crippen LogP contribution in [-0.2, 0) is 0 Å². The molecule has 0 spiro atoms. The highest BCUT2D eigenvalue weighted by Gasteiger charge is 2.37. The second-order valence-corrected chi connectivity index (χ2v) is 8.76. The molecule has 0 aromatic heterocycles. The molecule has 2 aliphatic rings. The molecule has 0 amide bonds. The third kappa shape index (κ3) is 4.67. The molecule has 3 heteroatoms. The van der Waals surface area contributed by atoms with Crippen LogP contribution in [0.25, 0.3) is 0 Å². The number of likely N-dealkylation sites (tertiary alicyclic amines) is 1. The van der Waals surface area contributed by atoms with Crippen LogP contribution in [0, 0.1) is 17.3 Å². The van der Waals surface area contributed by atoms with Gasteiger partial charge < -0.3 is 10.0 Å². The topological polar surface area (TPSA) is 26.7 Å². The van der Waals surface area contributed by atoms with E-state index in [9.17, 15) is 5.11 Å². The van der Waals surface area contributed by atoms with Gasteiger partial charge in [-0.1, -0.05) is 20.8 Å². The fourth-order valence-electron chi connectivity index (χ4n) is 4.30. The molecular weight excluding hydrogens is 260 g/mol. The van der Waals surface area contributed by atoms with Gasteiger partial charge in [-0.2, -0.15) is 0 Å². The predicted molar refractivity (Wildman–Crippen MR) is 89.4 cm³/mol. The zero-order chi connectivity index (χ0) is 15.6. The van der Waals surface area contributed by atoms with E-state index in [4.69, 9.17) is 0 Å². The molecule has 1 aliphatic carbocycles. The smallest absolute Gasteiger partial charge is 0.0580 e. The summed E-state index contributed by atoms with van der Waals surface area (Å²) in [5.41, 5.74) is 0.381. The third-order valence-corrected chi connectivity index (χ3v) is 5.71. The van der Waals surface area contributed by atoms with Gasteiger partial charge in [0.05, 0.1) is 6.10 Å². The van der Waals surface area contributed by atoms with Crippen molar-refractivity contribution >= 4 is 0 Å². The van der Waals surface area contributed by atoms with Crippen molar-refractivity contribution in [2.24, 2.45) is 17.3 Å². The standard InChI is InChI=1S/C18H36N2O/c1-18(2,3)15-8-9-17(21)14(11-15)12-20-10-6-7-16(20)13-19(4)5/h14-17,21H,6-13H2,1-5H3. The summed E-state index contributed by atoms with van der Waals surface area (Å²) in [6, 6.07) is 0.696. The van der Waals surface area contributed by atoms with Crippen molar-refractivity contribution < 1.29 is 5.11 Å². The maximum atomic E-state index is 10.4. The Hall–Kier alpha value is -0.120. The van der Waals surface area contributed by atoms with Crippen LogP contribution >= 0.6 is 0 Å². The highest BCUT2D eigenvalue weighted by molar-refractivity contribution is 4.89. The molecule has 4 atom stereocenters. The molecule has 1 aliphatic heterocycles. The predicted octanol–water partition coefficient (Wildman–Crippen LogP) is 2.84. The summed E-state index contributed by atoms with van der Waals surface area (Å²) in [7, 11) is 4.34. The minimum atomic E-state index is -0.0794. The zero-order valence-electron chi connectivity index (χ0n) is 14.8. The lowest BCUT2D eigenvalue weighted by molar-refractivity contribution is 0.000368. The van der Waals surface area contributed by atoms with E-state index in [0.29, 0.717) is 17.4 Å². The fraction of sp³-hybridized carbons (Fsp3) is 1.00. The average Bonchev–Trinajstić information content (AvgIpc) is 2.77. The Balaban J connectivity index is 1.93. The van der Waals surface area contributed by atoms with Gasteiger partial charge in [0, 0.05) is 19.1 Å². The van der Waals surface area contributed by atoms with Gasteiger partial charge in [-0.15, -0.1) is 0 Å². The number of hydrogen-bond acceptors (Lipinski definition) is 3. The molecule has 2 rings (SSSR count). The monoisotopic (exact) mass is 296 g/mol. The first kappa shape index (κ1) is 17.2. The van der Waals surface area contributed by atoms with Gasteiger partial charge in [-0.05, 0) is 70.0 Å². The van der Waals surface area contributed by atoms with Gasteiger partial charge in [0.1, 0.15) is 0 Å². The molecule has 124 valence electrons. The lowest BCUT2D eigenvalue weighted by Gasteiger charge is -2.42. The number of likely N-dealkylation sites (N-methyl/N-ethyl adjacent to an activating group) is 1. The lowest BCUT2D eigenvalue weighted by Crippen LogP contribution is -2.45. The van der Waals surface area contributed by atoms with Crippen LogP contribution in [-0.4, -0.2) is 60.8 Å². The Morgan fingerprint density at radius 3 is 2.48 bits per heavy atom. The summed E-state index contributed by atoms with van der Waals surface area (Å²) in [6.07, 6.45) is 5.97. The summed E-state index contributed by atoms with van der Waals surface area (Å²) < 4.78 is 0. The Labute approximate surface area is 131 Å². The molecule has 3 nitrogen and oxygen atoms in total. The second-order valence-electron chi connectivity index (χ2n) is 8.76. The van der Waals surface area contributed by atoms with Crippen LogP contribution in [0.1, 0.15) is 52.9 Å². The Morgan fingerprint density at radius 1 is 1.14 bits per heavy atom. The number of aliphatic hydroxyl groups excluding tert-OH is 1. The second kappa shape index (κ2) is 6.97. The molecule has 0 bridgehead atoms. The zero-order valence-corrected chi connectivity index (χ0v) is 14.8. The molecule has 2 fully saturated rings. The van der Waals surface area contributed by atoms with Crippen LogP contribution in [0.3, 0.4) is 0 Å². The van der Waals surface area contributed by atoms with Crippen molar-refractivity contribution in [1.82, 2.24) is 9.80 Å². The first-order valence-corrected chi connectivity index (χ1v) is 8.84. The summed E-state index contributed by atoms with van der Waals surface area (Å²) in [5.74, 6) is 1.24.